The predicted octanol–water partition coefficient (Wildman–Crippen LogP) is 8.52. The zero-order valence-corrected chi connectivity index (χ0v) is 52.4. The maximum atomic E-state index is 17.4. The molecule has 0 saturated heterocycles. The Kier molecular flexibility index (Phi) is 18.1. The molecule has 2 N–H and O–H groups in total. The van der Waals surface area contributed by atoms with Crippen LogP contribution in [0.1, 0.15) is 101 Å². The molecule has 6 saturated carbocycles. The maximum absolute atomic E-state index is 17.4. The van der Waals surface area contributed by atoms with Crippen molar-refractivity contribution >= 4 is 119 Å². The molecule has 0 radical (unpaired) electrons. The molecule has 10 unspecified atom stereocenters. The molecule has 0 aromatic carbocycles. The van der Waals surface area contributed by atoms with Gasteiger partial charge in [0.25, 0.3) is 0 Å². The summed E-state index contributed by atoms with van der Waals surface area (Å²) in [5.41, 5.74) is -14.0. The van der Waals surface area contributed by atoms with E-state index < -0.39 is 144 Å². The summed E-state index contributed by atoms with van der Waals surface area (Å²) >= 11 is 9.77. The number of thioether (sulfide) groups is 1. The zero-order chi connectivity index (χ0) is 55.2. The normalized spacial score (nSPS) is 43.3. The number of ether oxygens (including phenoxy) is 2. The number of hydrogen-bond acceptors (Lipinski definition) is 13. The van der Waals surface area contributed by atoms with Crippen LogP contribution in [-0.4, -0.2) is 97.0 Å². The molecule has 6 fully saturated rings. The number of carbonyl (C=O) groups is 6. The van der Waals surface area contributed by atoms with Crippen LogP contribution in [-0.2, 0) is 28.7 Å². The van der Waals surface area contributed by atoms with Crippen molar-refractivity contribution in [2.75, 3.05) is 6.01 Å². The van der Waals surface area contributed by atoms with Crippen LogP contribution >= 0.6 is 85.6 Å². The Morgan fingerprint density at radius 3 is 1.47 bits per heavy atom. The first-order valence-corrected chi connectivity index (χ1v) is 38.4. The molecular formula is C53H58F5I4O12S2-. The van der Waals surface area contributed by atoms with Gasteiger partial charge in [0.15, 0.2) is 34.1 Å². The Morgan fingerprint density at radius 1 is 0.724 bits per heavy atom. The number of allylic oxidation sites excluding steroid dienone is 8. The number of rotatable bonds is 7. The van der Waals surface area contributed by atoms with E-state index in [1.807, 2.05) is 0 Å². The number of aliphatic hydroxyl groups excluding tert-OH is 2. The van der Waals surface area contributed by atoms with Crippen molar-refractivity contribution in [3.8, 4) is 0 Å². The molecule has 0 amide bonds. The number of fused-ring (bicyclic) bond motifs is 10. The third-order valence-electron chi connectivity index (χ3n) is 19.1. The van der Waals surface area contributed by atoms with Gasteiger partial charge in [-0.05, 0) is 136 Å². The number of aliphatic hydroxyl groups is 2. The molecule has 0 bridgehead atoms. The molecule has 0 aliphatic heterocycles. The second kappa shape index (κ2) is 22.2. The first-order chi connectivity index (χ1) is 35.1. The summed E-state index contributed by atoms with van der Waals surface area (Å²) < 4.78 is 101. The van der Waals surface area contributed by atoms with Crippen LogP contribution < -0.4 is 13.3 Å². The molecule has 8 aliphatic carbocycles. The quantitative estimate of drug-likeness (QED) is 0.104. The number of ketones is 2. The number of furan rings is 2. The Balaban J connectivity index is 0.000000208. The van der Waals surface area contributed by atoms with Gasteiger partial charge in [0.1, 0.15) is 18.3 Å². The first kappa shape index (κ1) is 61.9. The van der Waals surface area contributed by atoms with Crippen LogP contribution in [0.3, 0.4) is 0 Å². The van der Waals surface area contributed by atoms with E-state index in [0.717, 1.165) is 12.2 Å². The molecule has 2 aromatic heterocycles. The Morgan fingerprint density at radius 2 is 1.11 bits per heavy atom. The first-order valence-electron chi connectivity index (χ1n) is 24.4. The van der Waals surface area contributed by atoms with Gasteiger partial charge in [-0.3, -0.25) is 19.2 Å². The summed E-state index contributed by atoms with van der Waals surface area (Å²) in [6, 6.07) is 4.69. The standard InChI is InChI=1S/C27H29F3O6S.C26H28F2O6S.I3.HI/c1-14-9-16-17-11-19(29)18-10-15(31)6-7-24(18,2)26(17,30)21(32)12-25(16,3)27(14,23(34)37-13-28)36-22(33)20-5-4-8-35-20;1-13-9-15-16-11-18(27)17-10-14(29)6-7-23(17,2)25(16,28)20(30)12-24(15,3)26(13,22(32)35)34-21(31)19-5-4-8-33-19;1-3-2;/h4-8,10,14,16-17,19,21,32H,9,11-13H2,1-3H3;4-8,10,13,15-16,18,20,30H,9,11-12H2,1-3H3,(H,32,35);;1H/q;;-1;/t14?,16?,17?,19?,21-,24-,25-,26?,27-;13?,15?,16?,18?,20-,23-,24-,25?,26-;;/m00../s1. The van der Waals surface area contributed by atoms with Gasteiger partial charge < -0.3 is 28.5 Å². The van der Waals surface area contributed by atoms with Crippen LogP contribution in [0, 0.1) is 57.2 Å². The van der Waals surface area contributed by atoms with Gasteiger partial charge in [0.2, 0.25) is 21.8 Å². The summed E-state index contributed by atoms with van der Waals surface area (Å²) in [4.78, 5) is 76.7. The van der Waals surface area contributed by atoms with Crippen molar-refractivity contribution in [2.24, 2.45) is 57.2 Å². The van der Waals surface area contributed by atoms with E-state index in [1.54, 1.807) is 27.7 Å². The topological polar surface area (TPSA) is 188 Å². The third-order valence-corrected chi connectivity index (χ3v) is 20.1. The van der Waals surface area contributed by atoms with Gasteiger partial charge in [0, 0.05) is 45.3 Å². The summed E-state index contributed by atoms with van der Waals surface area (Å²) in [6.45, 7) is 9.72. The van der Waals surface area contributed by atoms with Gasteiger partial charge in [-0.2, -0.15) is 0 Å². The van der Waals surface area contributed by atoms with Gasteiger partial charge in [-0.15, -0.1) is 36.6 Å². The predicted molar refractivity (Wildman–Crippen MR) is 296 cm³/mol. The minimum absolute atomic E-state index is 0. The number of carbonyl (C=O) groups excluding carboxylic acids is 6. The molecule has 76 heavy (non-hydrogen) atoms. The second-order valence-electron chi connectivity index (χ2n) is 22.1. The van der Waals surface area contributed by atoms with Crippen molar-refractivity contribution in [3.05, 3.63) is 95.9 Å². The van der Waals surface area contributed by atoms with E-state index >= 15 is 17.6 Å². The van der Waals surface area contributed by atoms with E-state index in [2.05, 4.69) is 49.9 Å². The van der Waals surface area contributed by atoms with Gasteiger partial charge in [0.05, 0.1) is 24.7 Å². The summed E-state index contributed by atoms with van der Waals surface area (Å²) in [5.74, 6) is -7.54. The van der Waals surface area contributed by atoms with Gasteiger partial charge in [-0.1, -0.05) is 39.8 Å². The molecular weight excluding hydrogens is 1500 g/mol. The van der Waals surface area contributed by atoms with Crippen LogP contribution in [0.2, 0.25) is 0 Å². The van der Waals surface area contributed by atoms with E-state index in [1.165, 1.54) is 74.9 Å². The average Bonchev–Trinajstić information content (AvgIpc) is 4.16. The van der Waals surface area contributed by atoms with Crippen molar-refractivity contribution in [3.63, 3.8) is 0 Å². The SMILES string of the molecule is CC1CC2C3CC(F)C4=CC(=O)C=C[C@]4(C)C3(F)[C@@H](O)C[C@]2(C)[C@@]1(OC(=O)c1ccco1)C(=O)S.CC1CC2C3CC(F)C4=CC(=O)C=C[C@]4(C)C3(F)[C@@H](O)C[C@]2(C)[C@@]1(OC(=O)c1ccco1)C(=O)SCF.I.I[I-]I. The number of alkyl halides is 5. The molecule has 23 heteroatoms. The van der Waals surface area contributed by atoms with Crippen molar-refractivity contribution < 1.29 is 92.5 Å². The van der Waals surface area contributed by atoms with Crippen LogP contribution in [0.25, 0.3) is 0 Å². The van der Waals surface area contributed by atoms with Crippen LogP contribution in [0.4, 0.5) is 22.0 Å². The molecule has 18 atom stereocenters. The monoisotopic (exact) mass is 1550 g/mol. The third kappa shape index (κ3) is 8.90. The van der Waals surface area contributed by atoms with Gasteiger partial charge >= 0.3 is 62.4 Å². The minimum atomic E-state index is -2.35. The summed E-state index contributed by atoms with van der Waals surface area (Å²) in [6.07, 6.45) is 2.74. The van der Waals surface area contributed by atoms with Gasteiger partial charge in [-0.25, -0.2) is 31.5 Å². The Hall–Kier alpha value is -1.67. The summed E-state index contributed by atoms with van der Waals surface area (Å²) in [5, 5.41) is 21.4. The fourth-order valence-electron chi connectivity index (χ4n) is 15.8. The number of esters is 2. The number of hydrogen-bond donors (Lipinski definition) is 3. The van der Waals surface area contributed by atoms with E-state index in [-0.39, 0.29) is 85.2 Å². The molecule has 2 heterocycles. The van der Waals surface area contributed by atoms with Crippen molar-refractivity contribution in [2.45, 2.75) is 127 Å². The second-order valence-corrected chi connectivity index (χ2v) is 39.6. The molecule has 8 aliphatic rings. The van der Waals surface area contributed by atoms with Crippen LogP contribution in [0.15, 0.2) is 93.2 Å². The fourth-order valence-corrected chi connectivity index (χ4v) is 17.1. The molecule has 418 valence electrons. The van der Waals surface area contributed by atoms with Crippen molar-refractivity contribution in [1.29, 1.82) is 0 Å². The molecule has 10 rings (SSSR count). The number of halogens is 9. The average molecular weight is 1550 g/mol. The van der Waals surface area contributed by atoms with E-state index in [9.17, 15) is 43.4 Å². The molecule has 2 aromatic rings. The Bertz CT molecular complexity index is 2770. The molecule has 0 spiro atoms. The number of thiol groups is 1. The fraction of sp³-hybridized carbons (Fsp3) is 0.585. The van der Waals surface area contributed by atoms with Crippen molar-refractivity contribution in [1.82, 2.24) is 0 Å². The zero-order valence-electron chi connectivity index (χ0n) is 41.9. The summed E-state index contributed by atoms with van der Waals surface area (Å²) in [7, 11) is 0. The Labute approximate surface area is 493 Å². The van der Waals surface area contributed by atoms with E-state index in [4.69, 9.17) is 18.3 Å². The molecule has 12 nitrogen and oxygen atoms in total. The van der Waals surface area contributed by atoms with E-state index in [0.29, 0.717) is 25.0 Å². The van der Waals surface area contributed by atoms with Crippen LogP contribution in [0.5, 0.6) is 0 Å².